The number of hydrogen-bond acceptors (Lipinski definition) is 4. The second-order valence-electron chi connectivity index (χ2n) is 7.23. The van der Waals surface area contributed by atoms with Gasteiger partial charge in [0.2, 0.25) is 0 Å². The van der Waals surface area contributed by atoms with E-state index in [1.807, 2.05) is 0 Å². The van der Waals surface area contributed by atoms with Gasteiger partial charge in [0.05, 0.1) is 0 Å². The lowest BCUT2D eigenvalue weighted by Crippen LogP contribution is -2.51. The smallest absolute Gasteiger partial charge is 0.354 e. The normalized spacial score (nSPS) is 18.7. The highest BCUT2D eigenvalue weighted by atomic mass is 16.4. The summed E-state index contributed by atoms with van der Waals surface area (Å²) >= 11 is 0. The molecule has 3 rings (SSSR count). The van der Waals surface area contributed by atoms with Gasteiger partial charge in [-0.05, 0) is 37.8 Å². The maximum atomic E-state index is 12.5. The molecule has 0 bridgehead atoms. The van der Waals surface area contributed by atoms with Crippen LogP contribution in [0.25, 0.3) is 0 Å². The predicted molar refractivity (Wildman–Crippen MR) is 98.7 cm³/mol. The number of carboxylic acids is 1. The van der Waals surface area contributed by atoms with E-state index in [0.717, 1.165) is 12.8 Å². The molecule has 3 N–H and O–H groups in total. The summed E-state index contributed by atoms with van der Waals surface area (Å²) in [5.74, 6) is -1.43. The van der Waals surface area contributed by atoms with Gasteiger partial charge in [-0.2, -0.15) is 0 Å². The summed E-state index contributed by atoms with van der Waals surface area (Å²) in [6, 6.07) is 4.59. The first-order valence-corrected chi connectivity index (χ1v) is 9.59. The Kier molecular flexibility index (Phi) is 6.26. The van der Waals surface area contributed by atoms with Crippen LogP contribution >= 0.6 is 0 Å². The number of carbonyl (C=O) groups is 3. The molecular formula is C19H26N4O4. The van der Waals surface area contributed by atoms with Crippen LogP contribution in [0.4, 0.5) is 4.79 Å². The summed E-state index contributed by atoms with van der Waals surface area (Å²) in [7, 11) is 0. The van der Waals surface area contributed by atoms with Gasteiger partial charge < -0.3 is 20.6 Å². The summed E-state index contributed by atoms with van der Waals surface area (Å²) in [5, 5.41) is 15.1. The molecule has 1 saturated heterocycles. The second-order valence-corrected chi connectivity index (χ2v) is 7.23. The van der Waals surface area contributed by atoms with Crippen LogP contribution in [-0.4, -0.2) is 58.1 Å². The van der Waals surface area contributed by atoms with Crippen molar-refractivity contribution in [2.75, 3.05) is 13.1 Å². The first-order chi connectivity index (χ1) is 13.0. The van der Waals surface area contributed by atoms with Gasteiger partial charge in [-0.1, -0.05) is 25.3 Å². The van der Waals surface area contributed by atoms with Crippen molar-refractivity contribution in [1.29, 1.82) is 0 Å². The molecule has 8 nitrogen and oxygen atoms in total. The van der Waals surface area contributed by atoms with Crippen molar-refractivity contribution in [1.82, 2.24) is 20.5 Å². The number of hydrogen-bond donors (Lipinski definition) is 3. The molecule has 0 aromatic carbocycles. The van der Waals surface area contributed by atoms with E-state index in [0.29, 0.717) is 25.9 Å². The monoisotopic (exact) mass is 374 g/mol. The van der Waals surface area contributed by atoms with Crippen molar-refractivity contribution in [3.8, 4) is 0 Å². The Morgan fingerprint density at radius 1 is 0.926 bits per heavy atom. The fourth-order valence-electron chi connectivity index (χ4n) is 3.72. The molecule has 27 heavy (non-hydrogen) atoms. The molecule has 1 saturated carbocycles. The predicted octanol–water partition coefficient (Wildman–Crippen LogP) is 2.02. The minimum Gasteiger partial charge on any atom is -0.477 e. The average molecular weight is 374 g/mol. The number of carboxylic acid groups (broad SMARTS) is 1. The Bertz CT molecular complexity index is 695. The van der Waals surface area contributed by atoms with Gasteiger partial charge in [0, 0.05) is 25.2 Å². The highest BCUT2D eigenvalue weighted by molar-refractivity contribution is 5.94. The van der Waals surface area contributed by atoms with Gasteiger partial charge in [0.15, 0.2) is 0 Å². The standard InChI is InChI=1S/C19H26N4O4/c24-17(15-7-4-8-16(22-15)18(25)26)23-11-9-14(10-12-23)21-19(27)20-13-5-2-1-3-6-13/h4,7-8,13-14H,1-3,5-6,9-12H2,(H,25,26)(H2,20,21,27). The van der Waals surface area contributed by atoms with E-state index < -0.39 is 5.97 Å². The van der Waals surface area contributed by atoms with Crippen LogP contribution < -0.4 is 10.6 Å². The van der Waals surface area contributed by atoms with Gasteiger partial charge in [0.25, 0.3) is 5.91 Å². The molecule has 2 heterocycles. The molecule has 0 unspecified atom stereocenters. The Hall–Kier alpha value is -2.64. The minimum atomic E-state index is -1.16. The van der Waals surface area contributed by atoms with E-state index in [-0.39, 0.29) is 35.4 Å². The van der Waals surface area contributed by atoms with E-state index in [4.69, 9.17) is 5.11 Å². The zero-order valence-electron chi connectivity index (χ0n) is 15.3. The number of amides is 3. The molecule has 1 aliphatic heterocycles. The van der Waals surface area contributed by atoms with Crippen LogP contribution in [0.5, 0.6) is 0 Å². The molecule has 2 aliphatic rings. The van der Waals surface area contributed by atoms with Crippen LogP contribution in [0, 0.1) is 0 Å². The van der Waals surface area contributed by atoms with E-state index in [1.54, 1.807) is 4.90 Å². The molecule has 0 atom stereocenters. The summed E-state index contributed by atoms with van der Waals surface area (Å²) in [5.41, 5.74) is -0.00635. The molecule has 3 amide bonds. The van der Waals surface area contributed by atoms with Crippen LogP contribution in [0.2, 0.25) is 0 Å². The van der Waals surface area contributed by atoms with Gasteiger partial charge in [-0.25, -0.2) is 14.6 Å². The molecular weight excluding hydrogens is 348 g/mol. The van der Waals surface area contributed by atoms with Crippen molar-refractivity contribution >= 4 is 17.9 Å². The third-order valence-corrected chi connectivity index (χ3v) is 5.25. The Morgan fingerprint density at radius 2 is 1.52 bits per heavy atom. The number of aromatic carboxylic acids is 1. The fraction of sp³-hybridized carbons (Fsp3) is 0.579. The summed E-state index contributed by atoms with van der Waals surface area (Å²) < 4.78 is 0. The highest BCUT2D eigenvalue weighted by Gasteiger charge is 2.26. The molecule has 146 valence electrons. The lowest BCUT2D eigenvalue weighted by Gasteiger charge is -2.33. The lowest BCUT2D eigenvalue weighted by molar-refractivity contribution is 0.0688. The number of likely N-dealkylation sites (tertiary alicyclic amines) is 1. The first kappa shape index (κ1) is 19.1. The third kappa shape index (κ3) is 5.18. The molecule has 0 radical (unpaired) electrons. The molecule has 1 aromatic rings. The Labute approximate surface area is 158 Å². The van der Waals surface area contributed by atoms with E-state index in [1.165, 1.54) is 37.5 Å². The van der Waals surface area contributed by atoms with Crippen LogP contribution in [0.15, 0.2) is 18.2 Å². The topological polar surface area (TPSA) is 112 Å². The van der Waals surface area contributed by atoms with E-state index in [9.17, 15) is 14.4 Å². The van der Waals surface area contributed by atoms with Crippen molar-refractivity contribution < 1.29 is 19.5 Å². The largest absolute Gasteiger partial charge is 0.477 e. The number of nitrogens with one attached hydrogen (secondary N) is 2. The molecule has 2 fully saturated rings. The second kappa shape index (κ2) is 8.83. The minimum absolute atomic E-state index is 0.0379. The molecule has 0 spiro atoms. The zero-order chi connectivity index (χ0) is 19.2. The SMILES string of the molecule is O=C(NC1CCCCC1)NC1CCN(C(=O)c2cccc(C(=O)O)n2)CC1. The van der Waals surface area contributed by atoms with Gasteiger partial charge in [0.1, 0.15) is 11.4 Å². The molecule has 1 aromatic heterocycles. The maximum Gasteiger partial charge on any atom is 0.354 e. The van der Waals surface area contributed by atoms with E-state index >= 15 is 0 Å². The fourth-order valence-corrected chi connectivity index (χ4v) is 3.72. The quantitative estimate of drug-likeness (QED) is 0.746. The van der Waals surface area contributed by atoms with Crippen molar-refractivity contribution in [2.45, 2.75) is 57.0 Å². The number of rotatable bonds is 4. The number of aromatic nitrogens is 1. The number of carbonyl (C=O) groups excluding carboxylic acids is 2. The van der Waals surface area contributed by atoms with Crippen LogP contribution in [0.3, 0.4) is 0 Å². The summed E-state index contributed by atoms with van der Waals surface area (Å²) in [6.45, 7) is 1.01. The van der Waals surface area contributed by atoms with Gasteiger partial charge in [-0.3, -0.25) is 4.79 Å². The first-order valence-electron chi connectivity index (χ1n) is 9.59. The number of nitrogens with zero attached hydrogens (tertiary/aromatic N) is 2. The van der Waals surface area contributed by atoms with Crippen LogP contribution in [-0.2, 0) is 0 Å². The van der Waals surface area contributed by atoms with Crippen LogP contribution in [0.1, 0.15) is 65.9 Å². The number of urea groups is 1. The highest BCUT2D eigenvalue weighted by Crippen LogP contribution is 2.18. The third-order valence-electron chi connectivity index (χ3n) is 5.25. The molecule has 8 heteroatoms. The number of pyridine rings is 1. The zero-order valence-corrected chi connectivity index (χ0v) is 15.3. The van der Waals surface area contributed by atoms with Crippen molar-refractivity contribution in [3.63, 3.8) is 0 Å². The average Bonchev–Trinajstić information content (AvgIpc) is 2.69. The summed E-state index contributed by atoms with van der Waals surface area (Å²) in [4.78, 5) is 41.3. The Balaban J connectivity index is 1.46. The van der Waals surface area contributed by atoms with Crippen molar-refractivity contribution in [3.05, 3.63) is 29.6 Å². The van der Waals surface area contributed by atoms with E-state index in [2.05, 4.69) is 15.6 Å². The number of piperidine rings is 1. The van der Waals surface area contributed by atoms with Gasteiger partial charge >= 0.3 is 12.0 Å². The van der Waals surface area contributed by atoms with Crippen molar-refractivity contribution in [2.24, 2.45) is 0 Å². The lowest BCUT2D eigenvalue weighted by atomic mass is 9.96. The maximum absolute atomic E-state index is 12.5. The van der Waals surface area contributed by atoms with Gasteiger partial charge in [-0.15, -0.1) is 0 Å². The Morgan fingerprint density at radius 3 is 2.15 bits per heavy atom. The molecule has 1 aliphatic carbocycles. The summed E-state index contributed by atoms with van der Waals surface area (Å²) in [6.07, 6.45) is 7.01.